The minimum absolute atomic E-state index is 0.600. The summed E-state index contributed by atoms with van der Waals surface area (Å²) in [5, 5.41) is 3.70. The summed E-state index contributed by atoms with van der Waals surface area (Å²) < 4.78 is 5.75. The smallest absolute Gasteiger partial charge is 0.0792 e. The van der Waals surface area contributed by atoms with E-state index in [9.17, 15) is 0 Å². The summed E-state index contributed by atoms with van der Waals surface area (Å²) in [6, 6.07) is 15.2. The molecule has 4 heteroatoms. The summed E-state index contributed by atoms with van der Waals surface area (Å²) >= 11 is 0. The average molecular weight is 416 g/mol. The molecule has 0 saturated carbocycles. The van der Waals surface area contributed by atoms with Gasteiger partial charge in [-0.15, -0.1) is 0 Å². The number of nitrogens with zero attached hydrogens (tertiary/aromatic N) is 2. The van der Waals surface area contributed by atoms with Gasteiger partial charge in [-0.3, -0.25) is 4.98 Å². The molecule has 0 aliphatic carbocycles. The zero-order valence-corrected chi connectivity index (χ0v) is 19.2. The molecule has 0 spiro atoms. The van der Waals surface area contributed by atoms with Gasteiger partial charge in [-0.1, -0.05) is 50.2 Å². The second kappa shape index (κ2) is 9.52. The fraction of sp³-hybridized carbons (Fsp3) is 0.370. The number of aromatic amines is 1. The Morgan fingerprint density at radius 3 is 2.39 bits per heavy atom. The first-order chi connectivity index (χ1) is 15.2. The lowest BCUT2D eigenvalue weighted by molar-refractivity contribution is 0.135. The van der Waals surface area contributed by atoms with E-state index in [0.29, 0.717) is 13.2 Å². The van der Waals surface area contributed by atoms with E-state index in [1.807, 2.05) is 6.92 Å². The number of ether oxygens (including phenoxy) is 1. The van der Waals surface area contributed by atoms with Crippen LogP contribution >= 0.6 is 0 Å². The quantitative estimate of drug-likeness (QED) is 0.325. The van der Waals surface area contributed by atoms with Crippen LogP contribution in [0, 0.1) is 6.92 Å². The highest BCUT2D eigenvalue weighted by molar-refractivity contribution is 6.08. The Hall–Kier alpha value is -2.85. The molecule has 0 amide bonds. The molecule has 0 atom stereocenters. The lowest BCUT2D eigenvalue weighted by Crippen LogP contribution is -2.26. The van der Waals surface area contributed by atoms with E-state index in [1.165, 1.54) is 27.4 Å². The number of anilines is 1. The molecule has 31 heavy (non-hydrogen) atoms. The molecule has 2 aromatic carbocycles. The van der Waals surface area contributed by atoms with Crippen LogP contribution in [0.1, 0.15) is 44.9 Å². The highest BCUT2D eigenvalue weighted by Crippen LogP contribution is 2.39. The molecular formula is C27H33N3O. The SMILES string of the molecule is CCCN(CCC)c1c(C)nc(-c2cccc3[nH]cc(COCC)c23)c2ccccc12. The first kappa shape index (κ1) is 21.4. The number of hydrogen-bond donors (Lipinski definition) is 1. The van der Waals surface area contributed by atoms with Gasteiger partial charge in [0.2, 0.25) is 0 Å². The molecule has 0 bridgehead atoms. The summed E-state index contributed by atoms with van der Waals surface area (Å²) in [5.41, 5.74) is 6.88. The van der Waals surface area contributed by atoms with Crippen molar-refractivity contribution in [3.8, 4) is 11.3 Å². The van der Waals surface area contributed by atoms with Gasteiger partial charge in [0.15, 0.2) is 0 Å². The Morgan fingerprint density at radius 1 is 0.935 bits per heavy atom. The Bertz CT molecular complexity index is 1170. The third-order valence-electron chi connectivity index (χ3n) is 5.87. The predicted molar refractivity (Wildman–Crippen MR) is 132 cm³/mol. The van der Waals surface area contributed by atoms with Crippen molar-refractivity contribution in [1.82, 2.24) is 9.97 Å². The van der Waals surface area contributed by atoms with Crippen LogP contribution < -0.4 is 4.90 Å². The minimum atomic E-state index is 0.600. The standard InChI is InChI=1S/C27H33N3O/c1-5-15-30(16-6-2)27-19(4)29-26(21-11-8-9-12-22(21)27)23-13-10-14-24-25(23)20(17-28-24)18-31-7-3/h8-14,17,28H,5-7,15-16,18H2,1-4H3. The number of hydrogen-bond acceptors (Lipinski definition) is 3. The van der Waals surface area contributed by atoms with Crippen LogP contribution in [0.2, 0.25) is 0 Å². The number of aryl methyl sites for hydroxylation is 1. The van der Waals surface area contributed by atoms with Gasteiger partial charge in [-0.05, 0) is 32.8 Å². The van der Waals surface area contributed by atoms with Crippen LogP contribution in [-0.2, 0) is 11.3 Å². The molecule has 0 aliphatic rings. The van der Waals surface area contributed by atoms with Crippen molar-refractivity contribution in [3.63, 3.8) is 0 Å². The van der Waals surface area contributed by atoms with Gasteiger partial charge in [0, 0.05) is 58.7 Å². The van der Waals surface area contributed by atoms with Crippen LogP contribution in [0.4, 0.5) is 5.69 Å². The number of aromatic nitrogens is 2. The molecule has 1 N–H and O–H groups in total. The highest BCUT2D eigenvalue weighted by atomic mass is 16.5. The minimum Gasteiger partial charge on any atom is -0.377 e. The summed E-state index contributed by atoms with van der Waals surface area (Å²) in [7, 11) is 0. The Balaban J connectivity index is 1.97. The fourth-order valence-corrected chi connectivity index (χ4v) is 4.63. The van der Waals surface area contributed by atoms with Gasteiger partial charge in [0.05, 0.1) is 23.7 Å². The molecule has 0 radical (unpaired) electrons. The third-order valence-corrected chi connectivity index (χ3v) is 5.87. The second-order valence-corrected chi connectivity index (χ2v) is 8.11. The maximum absolute atomic E-state index is 5.75. The summed E-state index contributed by atoms with van der Waals surface area (Å²) in [4.78, 5) is 11.1. The van der Waals surface area contributed by atoms with Crippen LogP contribution in [0.25, 0.3) is 32.9 Å². The van der Waals surface area contributed by atoms with Crippen LogP contribution in [0.3, 0.4) is 0 Å². The van der Waals surface area contributed by atoms with Crippen molar-refractivity contribution in [2.24, 2.45) is 0 Å². The molecule has 4 nitrogen and oxygen atoms in total. The normalized spacial score (nSPS) is 11.5. The number of benzene rings is 2. The zero-order valence-electron chi connectivity index (χ0n) is 19.2. The maximum atomic E-state index is 5.75. The molecule has 2 heterocycles. The van der Waals surface area contributed by atoms with Gasteiger partial charge in [-0.2, -0.15) is 0 Å². The molecule has 0 saturated heterocycles. The molecule has 2 aromatic heterocycles. The number of pyridine rings is 1. The van der Waals surface area contributed by atoms with Gasteiger partial charge < -0.3 is 14.6 Å². The van der Waals surface area contributed by atoms with Crippen molar-refractivity contribution in [2.45, 2.75) is 47.1 Å². The largest absolute Gasteiger partial charge is 0.377 e. The first-order valence-electron chi connectivity index (χ1n) is 11.5. The monoisotopic (exact) mass is 415 g/mol. The van der Waals surface area contributed by atoms with E-state index in [2.05, 4.69) is 79.3 Å². The van der Waals surface area contributed by atoms with E-state index in [4.69, 9.17) is 9.72 Å². The third kappa shape index (κ3) is 4.05. The number of fused-ring (bicyclic) bond motifs is 2. The maximum Gasteiger partial charge on any atom is 0.0792 e. The van der Waals surface area contributed by atoms with Crippen molar-refractivity contribution in [2.75, 3.05) is 24.6 Å². The van der Waals surface area contributed by atoms with E-state index in [1.54, 1.807) is 0 Å². The van der Waals surface area contributed by atoms with E-state index in [-0.39, 0.29) is 0 Å². The Labute approximate surface area is 185 Å². The molecule has 162 valence electrons. The highest BCUT2D eigenvalue weighted by Gasteiger charge is 2.19. The number of H-pyrrole nitrogens is 1. The lowest BCUT2D eigenvalue weighted by atomic mass is 9.97. The van der Waals surface area contributed by atoms with Crippen molar-refractivity contribution in [1.29, 1.82) is 0 Å². The Morgan fingerprint density at radius 2 is 1.68 bits per heavy atom. The van der Waals surface area contributed by atoms with Crippen molar-refractivity contribution < 1.29 is 4.74 Å². The summed E-state index contributed by atoms with van der Waals surface area (Å²) in [6.45, 7) is 12.1. The van der Waals surface area contributed by atoms with Gasteiger partial charge in [-0.25, -0.2) is 0 Å². The van der Waals surface area contributed by atoms with E-state index < -0.39 is 0 Å². The molecule has 0 fully saturated rings. The van der Waals surface area contributed by atoms with Crippen LogP contribution in [0.5, 0.6) is 0 Å². The first-order valence-corrected chi connectivity index (χ1v) is 11.5. The molecule has 0 aliphatic heterocycles. The molecule has 4 aromatic rings. The fourth-order valence-electron chi connectivity index (χ4n) is 4.63. The zero-order chi connectivity index (χ0) is 21.8. The molecule has 4 rings (SSSR count). The van der Waals surface area contributed by atoms with Crippen LogP contribution in [-0.4, -0.2) is 29.7 Å². The van der Waals surface area contributed by atoms with Crippen molar-refractivity contribution >= 4 is 27.4 Å². The van der Waals surface area contributed by atoms with E-state index >= 15 is 0 Å². The lowest BCUT2D eigenvalue weighted by Gasteiger charge is -2.27. The second-order valence-electron chi connectivity index (χ2n) is 8.11. The topological polar surface area (TPSA) is 41.2 Å². The van der Waals surface area contributed by atoms with Gasteiger partial charge >= 0.3 is 0 Å². The molecule has 0 unspecified atom stereocenters. The molecular weight excluding hydrogens is 382 g/mol. The average Bonchev–Trinajstić information content (AvgIpc) is 3.20. The predicted octanol–water partition coefficient (Wildman–Crippen LogP) is 6.85. The van der Waals surface area contributed by atoms with Gasteiger partial charge in [0.25, 0.3) is 0 Å². The Kier molecular flexibility index (Phi) is 6.57. The van der Waals surface area contributed by atoms with Gasteiger partial charge in [0.1, 0.15) is 0 Å². The summed E-state index contributed by atoms with van der Waals surface area (Å²) in [6.07, 6.45) is 4.31. The van der Waals surface area contributed by atoms with Crippen LogP contribution in [0.15, 0.2) is 48.7 Å². The van der Waals surface area contributed by atoms with E-state index in [0.717, 1.165) is 48.4 Å². The number of rotatable bonds is 9. The number of nitrogens with one attached hydrogen (secondary N) is 1. The summed E-state index contributed by atoms with van der Waals surface area (Å²) in [5.74, 6) is 0. The van der Waals surface area contributed by atoms with Crippen molar-refractivity contribution in [3.05, 3.63) is 59.9 Å².